The second-order valence-electron chi connectivity index (χ2n) is 10.3. The Kier molecular flexibility index (Phi) is 8.06. The van der Waals surface area contributed by atoms with E-state index in [1.165, 1.54) is 19.1 Å². The largest absolute Gasteiger partial charge is 0.508 e. The number of aliphatic hydroxyl groups excluding tert-OH is 6. The highest BCUT2D eigenvalue weighted by Crippen LogP contribution is 2.46. The summed E-state index contributed by atoms with van der Waals surface area (Å²) in [6, 6.07) is 4.39. The molecule has 3 aromatic rings. The Morgan fingerprint density at radius 2 is 1.55 bits per heavy atom. The molecule has 228 valence electrons. The second-order valence-corrected chi connectivity index (χ2v) is 10.3. The molecular weight excluding hydrogens is 564 g/mol. The van der Waals surface area contributed by atoms with E-state index in [1.807, 2.05) is 0 Å². The molecule has 0 saturated carbocycles. The summed E-state index contributed by atoms with van der Waals surface area (Å²) in [5.41, 5.74) is -1.97. The van der Waals surface area contributed by atoms with Crippen molar-refractivity contribution in [1.82, 2.24) is 0 Å². The lowest BCUT2D eigenvalue weighted by Gasteiger charge is -2.46. The van der Waals surface area contributed by atoms with Gasteiger partial charge in [-0.3, -0.25) is 4.79 Å². The number of benzene rings is 2. The van der Waals surface area contributed by atoms with Crippen molar-refractivity contribution in [2.75, 3.05) is 6.61 Å². The van der Waals surface area contributed by atoms with Crippen LogP contribution in [0.3, 0.4) is 0 Å². The number of rotatable bonds is 5. The van der Waals surface area contributed by atoms with Crippen molar-refractivity contribution in [3.05, 3.63) is 46.3 Å². The van der Waals surface area contributed by atoms with Crippen LogP contribution in [0.1, 0.15) is 18.6 Å². The number of aromatic hydroxyl groups is 4. The molecule has 2 fully saturated rings. The Labute approximate surface area is 236 Å². The fraction of sp³-hybridized carbons (Fsp3) is 0.444. The summed E-state index contributed by atoms with van der Waals surface area (Å²) in [6.45, 7) is 0.551. The summed E-state index contributed by atoms with van der Waals surface area (Å²) >= 11 is 0. The van der Waals surface area contributed by atoms with Gasteiger partial charge in [-0.15, -0.1) is 0 Å². The van der Waals surface area contributed by atoms with Crippen LogP contribution in [0.4, 0.5) is 0 Å². The summed E-state index contributed by atoms with van der Waals surface area (Å²) in [6.07, 6.45) is -15.5. The van der Waals surface area contributed by atoms with E-state index in [2.05, 4.69) is 0 Å². The van der Waals surface area contributed by atoms with Crippen molar-refractivity contribution < 1.29 is 69.7 Å². The van der Waals surface area contributed by atoms with Gasteiger partial charge in [-0.2, -0.15) is 0 Å². The predicted octanol–water partition coefficient (Wildman–Crippen LogP) is -1.35. The van der Waals surface area contributed by atoms with Gasteiger partial charge in [0.15, 0.2) is 6.29 Å². The zero-order chi connectivity index (χ0) is 30.6. The molecule has 2 aromatic carbocycles. The van der Waals surface area contributed by atoms with Gasteiger partial charge in [0.05, 0.1) is 23.8 Å². The van der Waals surface area contributed by atoms with Crippen LogP contribution in [0.15, 0.2) is 39.7 Å². The highest BCUT2D eigenvalue weighted by molar-refractivity contribution is 5.90. The van der Waals surface area contributed by atoms with Crippen LogP contribution in [-0.2, 0) is 14.2 Å². The molecule has 0 bridgehead atoms. The quantitative estimate of drug-likeness (QED) is 0.164. The van der Waals surface area contributed by atoms with Gasteiger partial charge >= 0.3 is 0 Å². The predicted molar refractivity (Wildman–Crippen MR) is 139 cm³/mol. The van der Waals surface area contributed by atoms with Crippen LogP contribution < -0.4 is 5.43 Å². The van der Waals surface area contributed by atoms with Crippen molar-refractivity contribution >= 4 is 11.0 Å². The van der Waals surface area contributed by atoms with E-state index in [9.17, 15) is 55.9 Å². The lowest BCUT2D eigenvalue weighted by atomic mass is 9.89. The zero-order valence-corrected chi connectivity index (χ0v) is 21.9. The SMILES string of the molecule is C[C@@H]1O[C@@H](O[C@@H]2[C@@H](O)[C@@H](O)[C@@H](CO)O[C@H]2c2c(O)cc3occ(-c4ccc(O)cc4O)c(=O)c3c2O)[C@H](O)[C@H](O)[C@H]1O. The van der Waals surface area contributed by atoms with E-state index >= 15 is 0 Å². The number of phenolic OH excluding ortho intramolecular Hbond substituents is 4. The molecule has 5 rings (SSSR count). The maximum Gasteiger partial charge on any atom is 0.204 e. The molecule has 0 unspecified atom stereocenters. The average Bonchev–Trinajstić information content (AvgIpc) is 2.94. The molecule has 0 radical (unpaired) electrons. The summed E-state index contributed by atoms with van der Waals surface area (Å²) in [4.78, 5) is 13.5. The maximum atomic E-state index is 13.5. The number of hydrogen-bond donors (Lipinski definition) is 10. The molecule has 0 spiro atoms. The maximum absolute atomic E-state index is 13.5. The van der Waals surface area contributed by atoms with Crippen molar-refractivity contribution in [3.63, 3.8) is 0 Å². The number of fused-ring (bicyclic) bond motifs is 1. The first kappa shape index (κ1) is 30.0. The normalized spacial score (nSPS) is 33.6. The first-order valence-corrected chi connectivity index (χ1v) is 12.9. The second kappa shape index (κ2) is 11.3. The van der Waals surface area contributed by atoms with E-state index in [0.29, 0.717) is 0 Å². The third-order valence-electron chi connectivity index (χ3n) is 7.58. The monoisotopic (exact) mass is 594 g/mol. The smallest absolute Gasteiger partial charge is 0.204 e. The van der Waals surface area contributed by atoms with Gasteiger partial charge in [0.25, 0.3) is 0 Å². The average molecular weight is 595 g/mol. The van der Waals surface area contributed by atoms with Crippen LogP contribution in [-0.4, -0.2) is 113 Å². The van der Waals surface area contributed by atoms with Crippen molar-refractivity contribution in [3.8, 4) is 34.1 Å². The number of phenols is 4. The molecule has 0 amide bonds. The topological polar surface area (TPSA) is 260 Å². The summed E-state index contributed by atoms with van der Waals surface area (Å²) < 4.78 is 22.3. The minimum Gasteiger partial charge on any atom is -0.508 e. The zero-order valence-electron chi connectivity index (χ0n) is 21.9. The molecule has 10 atom stereocenters. The van der Waals surface area contributed by atoms with Crippen LogP contribution in [0.5, 0.6) is 23.0 Å². The van der Waals surface area contributed by atoms with Crippen molar-refractivity contribution in [1.29, 1.82) is 0 Å². The molecule has 42 heavy (non-hydrogen) atoms. The Balaban J connectivity index is 1.63. The lowest BCUT2D eigenvalue weighted by Crippen LogP contribution is -2.61. The van der Waals surface area contributed by atoms with Gasteiger partial charge in [-0.1, -0.05) is 0 Å². The van der Waals surface area contributed by atoms with E-state index in [1.54, 1.807) is 0 Å². The standard InChI is InChI=1S/C27H30O15/c1-8-18(32)22(36)24(38)27(40-8)42-26-23(37)20(34)15(6-28)41-25(26)16-13(31)5-14-17(21(16)35)19(33)11(7-39-14)10-3-2-9(29)4-12(10)30/h2-5,7-8,15,18,20,22-32,34-38H,6H2,1H3/t8-,15+,18-,20-,22+,23-,24+,25-,26+,27-/m0/s1. The summed E-state index contributed by atoms with van der Waals surface area (Å²) in [5, 5.41) is 104. The van der Waals surface area contributed by atoms with Crippen LogP contribution >= 0.6 is 0 Å². The van der Waals surface area contributed by atoms with E-state index in [0.717, 1.165) is 18.4 Å². The van der Waals surface area contributed by atoms with Crippen molar-refractivity contribution in [2.45, 2.75) is 68.1 Å². The fourth-order valence-electron chi connectivity index (χ4n) is 5.24. The molecule has 10 N–H and O–H groups in total. The van der Waals surface area contributed by atoms with E-state index in [-0.39, 0.29) is 22.5 Å². The molecule has 2 aliphatic heterocycles. The fourth-order valence-corrected chi connectivity index (χ4v) is 5.24. The molecule has 3 heterocycles. The third kappa shape index (κ3) is 4.94. The van der Waals surface area contributed by atoms with Crippen molar-refractivity contribution in [2.24, 2.45) is 0 Å². The van der Waals surface area contributed by atoms with E-state index in [4.69, 9.17) is 18.6 Å². The minimum atomic E-state index is -1.90. The Hall–Kier alpha value is -3.51. The highest BCUT2D eigenvalue weighted by atomic mass is 16.7. The van der Waals surface area contributed by atoms with Gasteiger partial charge in [0, 0.05) is 17.7 Å². The Morgan fingerprint density at radius 1 is 0.833 bits per heavy atom. The summed E-state index contributed by atoms with van der Waals surface area (Å²) in [5.74, 6) is -2.36. The molecule has 15 nitrogen and oxygen atoms in total. The Morgan fingerprint density at radius 3 is 2.21 bits per heavy atom. The molecule has 0 aliphatic carbocycles. The van der Waals surface area contributed by atoms with Gasteiger partial charge in [0.2, 0.25) is 5.43 Å². The van der Waals surface area contributed by atoms with Crippen LogP contribution in [0, 0.1) is 0 Å². The van der Waals surface area contributed by atoms with E-state index < -0.39 is 101 Å². The number of aliphatic hydroxyl groups is 6. The van der Waals surface area contributed by atoms with Crippen LogP contribution in [0.2, 0.25) is 0 Å². The first-order valence-electron chi connectivity index (χ1n) is 12.9. The van der Waals surface area contributed by atoms with Gasteiger partial charge in [0.1, 0.15) is 89.1 Å². The van der Waals surface area contributed by atoms with Gasteiger partial charge < -0.3 is 69.7 Å². The summed E-state index contributed by atoms with van der Waals surface area (Å²) in [7, 11) is 0. The van der Waals surface area contributed by atoms with Crippen LogP contribution in [0.25, 0.3) is 22.1 Å². The molecular formula is C27H30O15. The number of ether oxygens (including phenoxy) is 3. The van der Waals surface area contributed by atoms with Gasteiger partial charge in [-0.25, -0.2) is 0 Å². The highest BCUT2D eigenvalue weighted by Gasteiger charge is 2.51. The number of hydrogen-bond acceptors (Lipinski definition) is 15. The van der Waals surface area contributed by atoms with Gasteiger partial charge in [-0.05, 0) is 19.1 Å². The first-order chi connectivity index (χ1) is 19.8. The molecule has 15 heteroatoms. The minimum absolute atomic E-state index is 0.0511. The molecule has 1 aromatic heterocycles. The molecule has 2 saturated heterocycles. The lowest BCUT2D eigenvalue weighted by molar-refractivity contribution is -0.338. The third-order valence-corrected chi connectivity index (χ3v) is 7.58. The Bertz CT molecular complexity index is 1520. The molecule has 2 aliphatic rings.